The SMILES string of the molecule is Cc1cccc(CC(N)O)c1.Cl. The zero-order valence-corrected chi connectivity index (χ0v) is 7.84. The first-order valence-electron chi connectivity index (χ1n) is 3.67. The van der Waals surface area contributed by atoms with Crippen molar-refractivity contribution in [3.8, 4) is 0 Å². The van der Waals surface area contributed by atoms with E-state index in [-0.39, 0.29) is 12.4 Å². The van der Waals surface area contributed by atoms with E-state index in [1.807, 2.05) is 31.2 Å². The summed E-state index contributed by atoms with van der Waals surface area (Å²) in [4.78, 5) is 0. The topological polar surface area (TPSA) is 46.2 Å². The molecule has 3 heteroatoms. The van der Waals surface area contributed by atoms with Crippen molar-refractivity contribution in [1.82, 2.24) is 0 Å². The van der Waals surface area contributed by atoms with Gasteiger partial charge < -0.3 is 10.8 Å². The van der Waals surface area contributed by atoms with Crippen molar-refractivity contribution in [2.24, 2.45) is 5.73 Å². The van der Waals surface area contributed by atoms with Crippen LogP contribution in [0.15, 0.2) is 24.3 Å². The van der Waals surface area contributed by atoms with Crippen molar-refractivity contribution in [2.45, 2.75) is 19.6 Å². The molecule has 1 rings (SSSR count). The fraction of sp³-hybridized carbons (Fsp3) is 0.333. The Bertz CT molecular complexity index is 238. The molecule has 1 aromatic carbocycles. The van der Waals surface area contributed by atoms with E-state index in [2.05, 4.69) is 0 Å². The summed E-state index contributed by atoms with van der Waals surface area (Å²) < 4.78 is 0. The molecule has 2 nitrogen and oxygen atoms in total. The van der Waals surface area contributed by atoms with Crippen LogP contribution in [0.2, 0.25) is 0 Å². The lowest BCUT2D eigenvalue weighted by Gasteiger charge is -2.04. The third kappa shape index (κ3) is 3.72. The van der Waals surface area contributed by atoms with Gasteiger partial charge in [0.25, 0.3) is 0 Å². The molecule has 0 saturated carbocycles. The number of benzene rings is 1. The average molecular weight is 188 g/mol. The first-order chi connectivity index (χ1) is 5.18. The van der Waals surface area contributed by atoms with Gasteiger partial charge in [0.05, 0.1) is 0 Å². The second-order valence-corrected chi connectivity index (χ2v) is 2.76. The summed E-state index contributed by atoms with van der Waals surface area (Å²) >= 11 is 0. The molecule has 1 aromatic rings. The molecule has 0 radical (unpaired) electrons. The quantitative estimate of drug-likeness (QED) is 0.685. The molecule has 12 heavy (non-hydrogen) atoms. The van der Waals surface area contributed by atoms with Gasteiger partial charge in [0.2, 0.25) is 0 Å². The Labute approximate surface area is 78.8 Å². The van der Waals surface area contributed by atoms with E-state index >= 15 is 0 Å². The van der Waals surface area contributed by atoms with E-state index in [9.17, 15) is 0 Å². The first kappa shape index (κ1) is 11.4. The number of aliphatic hydroxyl groups is 1. The molecule has 3 N–H and O–H groups in total. The molecule has 1 atom stereocenters. The summed E-state index contributed by atoms with van der Waals surface area (Å²) in [6.07, 6.45) is -0.210. The Balaban J connectivity index is 0.00000121. The summed E-state index contributed by atoms with van der Waals surface area (Å²) in [6.45, 7) is 2.02. The fourth-order valence-electron chi connectivity index (χ4n) is 1.08. The van der Waals surface area contributed by atoms with E-state index in [4.69, 9.17) is 10.8 Å². The lowest BCUT2D eigenvalue weighted by atomic mass is 10.1. The Morgan fingerprint density at radius 2 is 2.17 bits per heavy atom. The van der Waals surface area contributed by atoms with Gasteiger partial charge in [-0.25, -0.2) is 0 Å². The molecule has 0 aromatic heterocycles. The molecule has 0 spiro atoms. The summed E-state index contributed by atoms with van der Waals surface area (Å²) in [6, 6.07) is 7.97. The number of nitrogens with two attached hydrogens (primary N) is 1. The largest absolute Gasteiger partial charge is 0.378 e. The molecular formula is C9H14ClNO. The average Bonchev–Trinajstić information content (AvgIpc) is 1.85. The molecule has 1 unspecified atom stereocenters. The normalized spacial score (nSPS) is 11.9. The third-order valence-electron chi connectivity index (χ3n) is 1.53. The highest BCUT2D eigenvalue weighted by Crippen LogP contribution is 2.04. The summed E-state index contributed by atoms with van der Waals surface area (Å²) in [5.74, 6) is 0. The third-order valence-corrected chi connectivity index (χ3v) is 1.53. The van der Waals surface area contributed by atoms with E-state index in [0.29, 0.717) is 6.42 Å². The second-order valence-electron chi connectivity index (χ2n) is 2.76. The van der Waals surface area contributed by atoms with Crippen molar-refractivity contribution in [3.05, 3.63) is 35.4 Å². The van der Waals surface area contributed by atoms with Crippen LogP contribution in [0.4, 0.5) is 0 Å². The Hall–Kier alpha value is -0.570. The maximum Gasteiger partial charge on any atom is 0.106 e. The van der Waals surface area contributed by atoms with Crippen molar-refractivity contribution >= 4 is 12.4 Å². The number of hydrogen-bond acceptors (Lipinski definition) is 2. The number of aryl methyl sites for hydroxylation is 1. The van der Waals surface area contributed by atoms with E-state index in [0.717, 1.165) is 5.56 Å². The molecule has 0 bridgehead atoms. The lowest BCUT2D eigenvalue weighted by Crippen LogP contribution is -2.21. The Morgan fingerprint density at radius 1 is 1.50 bits per heavy atom. The predicted octanol–water partition coefficient (Wildman–Crippen LogP) is 1.24. The second kappa shape index (κ2) is 5.14. The van der Waals surface area contributed by atoms with Crippen LogP contribution in [0.5, 0.6) is 0 Å². The monoisotopic (exact) mass is 187 g/mol. The Morgan fingerprint density at radius 3 is 2.67 bits per heavy atom. The van der Waals surface area contributed by atoms with Crippen molar-refractivity contribution in [2.75, 3.05) is 0 Å². The van der Waals surface area contributed by atoms with Gasteiger partial charge in [-0.15, -0.1) is 12.4 Å². The lowest BCUT2D eigenvalue weighted by molar-refractivity contribution is 0.183. The standard InChI is InChI=1S/C9H13NO.ClH/c1-7-3-2-4-8(5-7)6-9(10)11;/h2-5,9,11H,6,10H2,1H3;1H. The van der Waals surface area contributed by atoms with Crippen LogP contribution in [0.1, 0.15) is 11.1 Å². The van der Waals surface area contributed by atoms with Gasteiger partial charge in [0, 0.05) is 6.42 Å². The zero-order chi connectivity index (χ0) is 8.27. The van der Waals surface area contributed by atoms with Gasteiger partial charge in [-0.05, 0) is 12.5 Å². The van der Waals surface area contributed by atoms with Crippen LogP contribution in [0, 0.1) is 6.92 Å². The van der Waals surface area contributed by atoms with Gasteiger partial charge in [0.15, 0.2) is 0 Å². The van der Waals surface area contributed by atoms with Crippen LogP contribution in [0.25, 0.3) is 0 Å². The number of halogens is 1. The molecule has 0 aliphatic carbocycles. The van der Waals surface area contributed by atoms with E-state index in [1.54, 1.807) is 0 Å². The van der Waals surface area contributed by atoms with Crippen molar-refractivity contribution in [3.63, 3.8) is 0 Å². The number of hydrogen-bond donors (Lipinski definition) is 2. The highest BCUT2D eigenvalue weighted by Gasteiger charge is 1.97. The smallest absolute Gasteiger partial charge is 0.106 e. The molecule has 68 valence electrons. The van der Waals surface area contributed by atoms with Gasteiger partial charge in [0.1, 0.15) is 6.23 Å². The molecule has 0 amide bonds. The molecule has 0 aliphatic rings. The number of rotatable bonds is 2. The van der Waals surface area contributed by atoms with Gasteiger partial charge in [-0.1, -0.05) is 29.8 Å². The highest BCUT2D eigenvalue weighted by atomic mass is 35.5. The van der Waals surface area contributed by atoms with Crippen LogP contribution in [0.3, 0.4) is 0 Å². The van der Waals surface area contributed by atoms with Crippen LogP contribution < -0.4 is 5.73 Å². The van der Waals surface area contributed by atoms with E-state index < -0.39 is 6.23 Å². The van der Waals surface area contributed by atoms with Crippen molar-refractivity contribution in [1.29, 1.82) is 0 Å². The minimum atomic E-state index is -0.739. The number of aliphatic hydroxyl groups excluding tert-OH is 1. The Kier molecular flexibility index (Phi) is 4.90. The van der Waals surface area contributed by atoms with Gasteiger partial charge in [-0.2, -0.15) is 0 Å². The molecular weight excluding hydrogens is 174 g/mol. The van der Waals surface area contributed by atoms with Crippen LogP contribution in [-0.4, -0.2) is 11.3 Å². The maximum absolute atomic E-state index is 8.87. The fourth-order valence-corrected chi connectivity index (χ4v) is 1.08. The maximum atomic E-state index is 8.87. The minimum absolute atomic E-state index is 0. The van der Waals surface area contributed by atoms with Crippen LogP contribution >= 0.6 is 12.4 Å². The molecule has 0 fully saturated rings. The molecule has 0 aliphatic heterocycles. The van der Waals surface area contributed by atoms with Crippen LogP contribution in [-0.2, 0) is 6.42 Å². The molecule has 0 saturated heterocycles. The predicted molar refractivity (Wildman–Crippen MR) is 52.3 cm³/mol. The van der Waals surface area contributed by atoms with Gasteiger partial charge in [-0.3, -0.25) is 0 Å². The van der Waals surface area contributed by atoms with Crippen molar-refractivity contribution < 1.29 is 5.11 Å². The van der Waals surface area contributed by atoms with E-state index in [1.165, 1.54) is 5.56 Å². The minimum Gasteiger partial charge on any atom is -0.378 e. The summed E-state index contributed by atoms with van der Waals surface area (Å²) in [5, 5.41) is 8.87. The zero-order valence-electron chi connectivity index (χ0n) is 7.03. The first-order valence-corrected chi connectivity index (χ1v) is 3.67. The highest BCUT2D eigenvalue weighted by molar-refractivity contribution is 5.85. The summed E-state index contributed by atoms with van der Waals surface area (Å²) in [7, 11) is 0. The van der Waals surface area contributed by atoms with Gasteiger partial charge >= 0.3 is 0 Å². The summed E-state index contributed by atoms with van der Waals surface area (Å²) in [5.41, 5.74) is 7.51. The molecule has 0 heterocycles.